The van der Waals surface area contributed by atoms with Crippen molar-refractivity contribution in [3.63, 3.8) is 0 Å². The van der Waals surface area contributed by atoms with E-state index in [1.165, 1.54) is 44.1 Å². The largest absolute Gasteiger partial charge is 0.443 e. The van der Waals surface area contributed by atoms with Gasteiger partial charge in [-0.1, -0.05) is 18.6 Å². The SMILES string of the molecule is CC(C)(C)OC(=O)N(c1cscn1)S(=O)(=O)c1ccc(NCc2c(F)cccc2CN2CC3CCCC2C3)c(C(F)(F)F)n1. The van der Waals surface area contributed by atoms with Crippen molar-refractivity contribution in [3.05, 3.63) is 63.9 Å². The van der Waals surface area contributed by atoms with Crippen molar-refractivity contribution in [2.75, 3.05) is 16.2 Å². The number of hydrogen-bond donors (Lipinski definition) is 1. The Bertz CT molecular complexity index is 1610. The molecule has 3 aromatic rings. The molecule has 1 aliphatic heterocycles. The number of anilines is 2. The van der Waals surface area contributed by atoms with Gasteiger partial charge in [-0.05, 0) is 69.7 Å². The molecule has 2 aromatic heterocycles. The van der Waals surface area contributed by atoms with Gasteiger partial charge < -0.3 is 10.1 Å². The van der Waals surface area contributed by atoms with Gasteiger partial charge in [-0.15, -0.1) is 15.6 Å². The van der Waals surface area contributed by atoms with E-state index in [-0.39, 0.29) is 22.2 Å². The monoisotopic (exact) mass is 655 g/mol. The van der Waals surface area contributed by atoms with Crippen LogP contribution in [0.3, 0.4) is 0 Å². The summed E-state index contributed by atoms with van der Waals surface area (Å²) >= 11 is 0.976. The molecule has 44 heavy (non-hydrogen) atoms. The second-order valence-electron chi connectivity index (χ2n) is 12.0. The van der Waals surface area contributed by atoms with Gasteiger partial charge in [0.2, 0.25) is 0 Å². The van der Waals surface area contributed by atoms with Crippen LogP contribution in [0.1, 0.15) is 63.3 Å². The minimum absolute atomic E-state index is 0.184. The summed E-state index contributed by atoms with van der Waals surface area (Å²) in [7, 11) is -5.00. The van der Waals surface area contributed by atoms with Crippen LogP contribution >= 0.6 is 11.3 Å². The van der Waals surface area contributed by atoms with Crippen LogP contribution in [0.5, 0.6) is 0 Å². The first-order valence-electron chi connectivity index (χ1n) is 14.1. The summed E-state index contributed by atoms with van der Waals surface area (Å²) in [5.41, 5.74) is -1.04. The zero-order chi connectivity index (χ0) is 31.9. The van der Waals surface area contributed by atoms with Crippen LogP contribution < -0.4 is 9.62 Å². The van der Waals surface area contributed by atoms with Crippen molar-refractivity contribution in [3.8, 4) is 0 Å². The maximum absolute atomic E-state index is 15.0. The fourth-order valence-corrected chi connectivity index (χ4v) is 7.55. The Morgan fingerprint density at radius 3 is 2.61 bits per heavy atom. The van der Waals surface area contributed by atoms with Crippen molar-refractivity contribution in [1.29, 1.82) is 0 Å². The number of halogens is 4. The number of hydrogen-bond acceptors (Lipinski definition) is 9. The van der Waals surface area contributed by atoms with E-state index in [9.17, 15) is 26.4 Å². The van der Waals surface area contributed by atoms with Gasteiger partial charge in [0.15, 0.2) is 16.5 Å². The lowest BCUT2D eigenvalue weighted by atomic mass is 9.90. The first-order chi connectivity index (χ1) is 20.6. The highest BCUT2D eigenvalue weighted by Crippen LogP contribution is 2.38. The molecule has 9 nitrogen and oxygen atoms in total. The molecule has 1 saturated heterocycles. The van der Waals surface area contributed by atoms with Crippen LogP contribution in [0.2, 0.25) is 0 Å². The van der Waals surface area contributed by atoms with E-state index < -0.39 is 50.1 Å². The number of fused-ring (bicyclic) bond motifs is 2. The maximum atomic E-state index is 15.0. The second kappa shape index (κ2) is 12.2. The third-order valence-electron chi connectivity index (χ3n) is 7.64. The first-order valence-corrected chi connectivity index (χ1v) is 16.5. The Kier molecular flexibility index (Phi) is 8.93. The van der Waals surface area contributed by atoms with Crippen LogP contribution in [0.25, 0.3) is 0 Å². The van der Waals surface area contributed by atoms with E-state index >= 15 is 4.39 Å². The van der Waals surface area contributed by atoms with Gasteiger partial charge >= 0.3 is 12.3 Å². The molecule has 1 aliphatic carbocycles. The summed E-state index contributed by atoms with van der Waals surface area (Å²) in [4.78, 5) is 22.5. The van der Waals surface area contributed by atoms with Crippen LogP contribution in [0.15, 0.2) is 46.2 Å². The predicted molar refractivity (Wildman–Crippen MR) is 157 cm³/mol. The number of thiazole rings is 1. The van der Waals surface area contributed by atoms with Gasteiger partial charge in [-0.25, -0.2) is 19.2 Å². The summed E-state index contributed by atoms with van der Waals surface area (Å²) < 4.78 is 90.3. The molecule has 2 aliphatic rings. The van der Waals surface area contributed by atoms with Gasteiger partial charge in [-0.2, -0.15) is 21.6 Å². The van der Waals surface area contributed by atoms with Crippen molar-refractivity contribution in [2.45, 2.75) is 82.4 Å². The highest BCUT2D eigenvalue weighted by atomic mass is 32.2. The molecule has 1 amide bonds. The Labute approximate surface area is 257 Å². The highest BCUT2D eigenvalue weighted by molar-refractivity contribution is 7.93. The number of rotatable bonds is 8. The molecular formula is C29H33F4N5O4S2. The van der Waals surface area contributed by atoms with E-state index in [1.807, 2.05) is 0 Å². The number of pyridine rings is 1. The number of alkyl halides is 3. The minimum atomic E-state index is -5.09. The summed E-state index contributed by atoms with van der Waals surface area (Å²) in [6.07, 6.45) is -1.94. The number of amides is 1. The molecule has 1 aromatic carbocycles. The lowest BCUT2D eigenvalue weighted by Gasteiger charge is -2.26. The van der Waals surface area contributed by atoms with E-state index in [0.717, 1.165) is 49.3 Å². The van der Waals surface area contributed by atoms with Crippen molar-refractivity contribution < 1.29 is 35.5 Å². The zero-order valence-electron chi connectivity index (χ0n) is 24.4. The fraction of sp³-hybridized carbons (Fsp3) is 0.483. The molecule has 5 rings (SSSR count). The molecule has 3 heterocycles. The Hall–Kier alpha value is -3.30. The standard InChI is InChI=1S/C29H33F4N5O4S2/c1-28(2,3)42-27(39)38(24-16-43-17-35-24)44(40,41)25-11-10-23(26(36-25)29(31,32)33)34-13-21-19(7-5-9-22(21)30)15-37-14-18-6-4-8-20(37)12-18/h5,7,9-11,16-18,20,34H,4,6,8,12-15H2,1-3H3. The molecule has 1 N–H and O–H groups in total. The fourth-order valence-electron chi connectivity index (χ4n) is 5.75. The number of sulfonamides is 1. The highest BCUT2D eigenvalue weighted by Gasteiger charge is 2.41. The molecule has 15 heteroatoms. The number of carbonyl (C=O) groups is 1. The predicted octanol–water partition coefficient (Wildman–Crippen LogP) is 6.81. The van der Waals surface area contributed by atoms with Crippen LogP contribution in [-0.4, -0.2) is 47.6 Å². The Morgan fingerprint density at radius 2 is 1.95 bits per heavy atom. The number of benzene rings is 1. The van der Waals surface area contributed by atoms with E-state index in [0.29, 0.717) is 24.1 Å². The molecule has 2 unspecified atom stereocenters. The summed E-state index contributed by atoms with van der Waals surface area (Å²) in [6, 6.07) is 6.77. The molecule has 2 atom stereocenters. The number of carbonyl (C=O) groups excluding carboxylic acids is 1. The zero-order valence-corrected chi connectivity index (χ0v) is 26.0. The average molecular weight is 656 g/mol. The Morgan fingerprint density at radius 1 is 1.18 bits per heavy atom. The van der Waals surface area contributed by atoms with Gasteiger partial charge in [0.05, 0.1) is 11.2 Å². The quantitative estimate of drug-likeness (QED) is 0.264. The van der Waals surface area contributed by atoms with Crippen LogP contribution in [-0.2, 0) is 34.0 Å². The molecule has 2 bridgehead atoms. The normalized spacial score (nSPS) is 19.2. The molecule has 1 saturated carbocycles. The third kappa shape index (κ3) is 6.99. The molecule has 0 radical (unpaired) electrons. The molecular weight excluding hydrogens is 622 g/mol. The summed E-state index contributed by atoms with van der Waals surface area (Å²) in [5, 5.41) is 2.82. The Balaban J connectivity index is 1.43. The topological polar surface area (TPSA) is 105 Å². The van der Waals surface area contributed by atoms with Crippen molar-refractivity contribution in [2.24, 2.45) is 5.92 Å². The third-order valence-corrected chi connectivity index (χ3v) is 9.79. The number of likely N-dealkylation sites (tertiary alicyclic amines) is 1. The molecule has 238 valence electrons. The van der Waals surface area contributed by atoms with Gasteiger partial charge in [0.25, 0.3) is 10.0 Å². The van der Waals surface area contributed by atoms with E-state index in [4.69, 9.17) is 4.74 Å². The summed E-state index contributed by atoms with van der Waals surface area (Å²) in [6.45, 7) is 5.63. The van der Waals surface area contributed by atoms with Crippen LogP contribution in [0, 0.1) is 11.7 Å². The van der Waals surface area contributed by atoms with Crippen LogP contribution in [0.4, 0.5) is 33.9 Å². The lowest BCUT2D eigenvalue weighted by molar-refractivity contribution is -0.140. The maximum Gasteiger partial charge on any atom is 0.435 e. The molecule has 2 fully saturated rings. The average Bonchev–Trinajstić information content (AvgIpc) is 3.54. The number of nitrogens with zero attached hydrogens (tertiary/aromatic N) is 4. The van der Waals surface area contributed by atoms with Gasteiger partial charge in [0.1, 0.15) is 11.4 Å². The van der Waals surface area contributed by atoms with E-state index in [2.05, 4.69) is 20.2 Å². The number of nitrogens with one attached hydrogen (secondary N) is 1. The minimum Gasteiger partial charge on any atom is -0.443 e. The van der Waals surface area contributed by atoms with Crippen molar-refractivity contribution in [1.82, 2.24) is 14.9 Å². The number of ether oxygens (including phenoxy) is 1. The van der Waals surface area contributed by atoms with E-state index in [1.54, 1.807) is 12.1 Å². The van der Waals surface area contributed by atoms with Gasteiger partial charge in [0, 0.05) is 36.6 Å². The molecule has 0 spiro atoms. The smallest absolute Gasteiger partial charge is 0.435 e. The van der Waals surface area contributed by atoms with Gasteiger partial charge in [-0.3, -0.25) is 4.90 Å². The number of aromatic nitrogens is 2. The second-order valence-corrected chi connectivity index (χ2v) is 14.4. The van der Waals surface area contributed by atoms with Crippen molar-refractivity contribution >= 4 is 39.0 Å². The summed E-state index contributed by atoms with van der Waals surface area (Å²) in [5.74, 6) is -0.300. The first kappa shape index (κ1) is 32.1. The lowest BCUT2D eigenvalue weighted by Crippen LogP contribution is -2.41.